The van der Waals surface area contributed by atoms with Crippen molar-refractivity contribution < 1.29 is 14.6 Å². The van der Waals surface area contributed by atoms with Gasteiger partial charge < -0.3 is 15.6 Å². The van der Waals surface area contributed by atoms with E-state index in [2.05, 4.69) is 20.9 Å². The number of nitrogens with two attached hydrogens (primary N) is 1. The van der Waals surface area contributed by atoms with Gasteiger partial charge in [-0.2, -0.15) is 0 Å². The third-order valence-corrected chi connectivity index (χ3v) is 3.28. The number of carboxylic acids is 1. The molecule has 3 N–H and O–H groups in total. The van der Waals surface area contributed by atoms with Crippen molar-refractivity contribution in [1.29, 1.82) is 0 Å². The van der Waals surface area contributed by atoms with Crippen molar-refractivity contribution in [3.63, 3.8) is 0 Å². The molecule has 1 heterocycles. The van der Waals surface area contributed by atoms with E-state index in [1.165, 1.54) is 12.3 Å². The van der Waals surface area contributed by atoms with Gasteiger partial charge in [-0.25, -0.2) is 9.78 Å². The van der Waals surface area contributed by atoms with Gasteiger partial charge in [0.05, 0.1) is 5.56 Å². The lowest BCUT2D eigenvalue weighted by Crippen LogP contribution is -2.07. The number of aromatic nitrogens is 1. The van der Waals surface area contributed by atoms with Crippen LogP contribution in [0.3, 0.4) is 0 Å². The first-order chi connectivity index (χ1) is 9.09. The first kappa shape index (κ1) is 13.4. The standard InChI is InChI=1S/C13H11BrN2O3/c14-10-4-2-1-3-8(10)7-19-12-11(15)9(13(17)18)5-6-16-12/h1-6H,7,15H2,(H,17,18). The first-order valence-electron chi connectivity index (χ1n) is 5.43. The summed E-state index contributed by atoms with van der Waals surface area (Å²) in [6.45, 7) is 0.252. The molecule has 0 aliphatic rings. The zero-order valence-electron chi connectivity index (χ0n) is 9.84. The predicted octanol–water partition coefficient (Wildman–Crippen LogP) is 2.70. The number of nitrogens with zero attached hydrogens (tertiary/aromatic N) is 1. The number of hydrogen-bond acceptors (Lipinski definition) is 4. The lowest BCUT2D eigenvalue weighted by Gasteiger charge is -2.10. The zero-order chi connectivity index (χ0) is 13.8. The van der Waals surface area contributed by atoms with Crippen LogP contribution in [0.5, 0.6) is 5.88 Å². The van der Waals surface area contributed by atoms with Crippen molar-refractivity contribution in [2.24, 2.45) is 0 Å². The number of aromatic carboxylic acids is 1. The molecule has 0 radical (unpaired) electrons. The molecule has 6 heteroatoms. The maximum atomic E-state index is 10.9. The van der Waals surface area contributed by atoms with Gasteiger partial charge in [0.2, 0.25) is 5.88 Å². The van der Waals surface area contributed by atoms with Crippen molar-refractivity contribution in [1.82, 2.24) is 4.98 Å². The molecule has 1 aromatic heterocycles. The van der Waals surface area contributed by atoms with Gasteiger partial charge in [0.25, 0.3) is 0 Å². The topological polar surface area (TPSA) is 85.4 Å². The summed E-state index contributed by atoms with van der Waals surface area (Å²) in [7, 11) is 0. The number of pyridine rings is 1. The Labute approximate surface area is 118 Å². The Hall–Kier alpha value is -2.08. The lowest BCUT2D eigenvalue weighted by molar-refractivity contribution is 0.0697. The van der Waals surface area contributed by atoms with Crippen LogP contribution >= 0.6 is 15.9 Å². The van der Waals surface area contributed by atoms with E-state index in [4.69, 9.17) is 15.6 Å². The van der Waals surface area contributed by atoms with Crippen molar-refractivity contribution in [2.75, 3.05) is 5.73 Å². The fourth-order valence-corrected chi connectivity index (χ4v) is 1.92. The number of carboxylic acid groups (broad SMARTS) is 1. The van der Waals surface area contributed by atoms with Crippen LogP contribution in [-0.2, 0) is 6.61 Å². The Balaban J connectivity index is 2.19. The highest BCUT2D eigenvalue weighted by Gasteiger charge is 2.13. The van der Waals surface area contributed by atoms with Crippen molar-refractivity contribution in [2.45, 2.75) is 6.61 Å². The summed E-state index contributed by atoms with van der Waals surface area (Å²) in [6.07, 6.45) is 1.36. The number of benzene rings is 1. The number of hydrogen-bond donors (Lipinski definition) is 2. The van der Waals surface area contributed by atoms with Gasteiger partial charge in [-0.1, -0.05) is 34.1 Å². The molecule has 2 rings (SSSR count). The smallest absolute Gasteiger partial charge is 0.338 e. The predicted molar refractivity (Wildman–Crippen MR) is 74.1 cm³/mol. The molecule has 0 unspecified atom stereocenters. The van der Waals surface area contributed by atoms with Crippen LogP contribution < -0.4 is 10.5 Å². The van der Waals surface area contributed by atoms with Crippen LogP contribution in [0.15, 0.2) is 41.0 Å². The molecule has 0 bridgehead atoms. The van der Waals surface area contributed by atoms with Gasteiger partial charge in [0.15, 0.2) is 0 Å². The number of rotatable bonds is 4. The maximum absolute atomic E-state index is 10.9. The van der Waals surface area contributed by atoms with E-state index in [-0.39, 0.29) is 23.7 Å². The second-order valence-corrected chi connectivity index (χ2v) is 4.62. The van der Waals surface area contributed by atoms with Crippen molar-refractivity contribution >= 4 is 27.6 Å². The van der Waals surface area contributed by atoms with E-state index >= 15 is 0 Å². The molecule has 0 aliphatic carbocycles. The van der Waals surface area contributed by atoms with Crippen LogP contribution in [-0.4, -0.2) is 16.1 Å². The summed E-state index contributed by atoms with van der Waals surface area (Å²) < 4.78 is 6.37. The minimum atomic E-state index is -1.11. The number of ether oxygens (including phenoxy) is 1. The molecule has 0 saturated carbocycles. The van der Waals surface area contributed by atoms with Gasteiger partial charge in [0.1, 0.15) is 12.3 Å². The molecule has 0 aliphatic heterocycles. The maximum Gasteiger partial charge on any atom is 0.338 e. The molecular weight excluding hydrogens is 312 g/mol. The SMILES string of the molecule is Nc1c(C(=O)O)ccnc1OCc1ccccc1Br. The normalized spacial score (nSPS) is 10.2. The minimum Gasteiger partial charge on any atom is -0.478 e. The molecule has 19 heavy (non-hydrogen) atoms. The van der Waals surface area contributed by atoms with E-state index in [0.717, 1.165) is 10.0 Å². The Bertz CT molecular complexity index is 617. The van der Waals surface area contributed by atoms with Crippen molar-refractivity contribution in [3.8, 4) is 5.88 Å². The van der Waals surface area contributed by atoms with Crippen LogP contribution in [0.1, 0.15) is 15.9 Å². The monoisotopic (exact) mass is 322 g/mol. The zero-order valence-corrected chi connectivity index (χ0v) is 11.4. The first-order valence-corrected chi connectivity index (χ1v) is 6.23. The number of carbonyl (C=O) groups is 1. The minimum absolute atomic E-state index is 0.0165. The third kappa shape index (κ3) is 3.03. The molecule has 2 aromatic rings. The Morgan fingerprint density at radius 1 is 1.37 bits per heavy atom. The van der Waals surface area contributed by atoms with Crippen LogP contribution in [0.2, 0.25) is 0 Å². The number of halogens is 1. The van der Waals surface area contributed by atoms with E-state index < -0.39 is 5.97 Å². The molecule has 5 nitrogen and oxygen atoms in total. The Morgan fingerprint density at radius 3 is 2.79 bits per heavy atom. The quantitative estimate of drug-likeness (QED) is 0.903. The van der Waals surface area contributed by atoms with Crippen LogP contribution in [0, 0.1) is 0 Å². The van der Waals surface area contributed by atoms with E-state index in [9.17, 15) is 4.79 Å². The molecule has 98 valence electrons. The van der Waals surface area contributed by atoms with Gasteiger partial charge >= 0.3 is 5.97 Å². The van der Waals surface area contributed by atoms with Gasteiger partial charge in [-0.15, -0.1) is 0 Å². The van der Waals surface area contributed by atoms with E-state index in [0.29, 0.717) is 0 Å². The van der Waals surface area contributed by atoms with Gasteiger partial charge in [-0.05, 0) is 12.1 Å². The summed E-state index contributed by atoms with van der Waals surface area (Å²) in [5, 5.41) is 8.95. The molecule has 0 fully saturated rings. The molecular formula is C13H11BrN2O3. The van der Waals surface area contributed by atoms with Crippen molar-refractivity contribution in [3.05, 3.63) is 52.1 Å². The fraction of sp³-hybridized carbons (Fsp3) is 0.0769. The Morgan fingerprint density at radius 2 is 2.11 bits per heavy atom. The summed E-state index contributed by atoms with van der Waals surface area (Å²) in [5.74, 6) is -0.985. The summed E-state index contributed by atoms with van der Waals surface area (Å²) in [6, 6.07) is 8.90. The summed E-state index contributed by atoms with van der Waals surface area (Å²) in [4.78, 5) is 14.9. The molecule has 1 aromatic carbocycles. The average Bonchev–Trinajstić information content (AvgIpc) is 2.39. The molecule has 0 saturated heterocycles. The summed E-state index contributed by atoms with van der Waals surface area (Å²) in [5.41, 5.74) is 6.64. The lowest BCUT2D eigenvalue weighted by atomic mass is 10.2. The summed E-state index contributed by atoms with van der Waals surface area (Å²) >= 11 is 3.40. The molecule has 0 amide bonds. The van der Waals surface area contributed by atoms with Gasteiger partial charge in [0, 0.05) is 16.2 Å². The van der Waals surface area contributed by atoms with Gasteiger partial charge in [-0.3, -0.25) is 0 Å². The highest BCUT2D eigenvalue weighted by molar-refractivity contribution is 9.10. The third-order valence-electron chi connectivity index (χ3n) is 2.51. The Kier molecular flexibility index (Phi) is 4.01. The van der Waals surface area contributed by atoms with E-state index in [1.54, 1.807) is 0 Å². The molecule has 0 atom stereocenters. The highest BCUT2D eigenvalue weighted by Crippen LogP contribution is 2.24. The van der Waals surface area contributed by atoms with E-state index in [1.807, 2.05) is 24.3 Å². The molecule has 0 spiro atoms. The van der Waals surface area contributed by atoms with Crippen LogP contribution in [0.25, 0.3) is 0 Å². The van der Waals surface area contributed by atoms with Crippen LogP contribution in [0.4, 0.5) is 5.69 Å². The second kappa shape index (κ2) is 5.71. The number of anilines is 1. The fourth-order valence-electron chi connectivity index (χ4n) is 1.52. The number of nitrogen functional groups attached to an aromatic ring is 1. The largest absolute Gasteiger partial charge is 0.478 e. The highest BCUT2D eigenvalue weighted by atomic mass is 79.9. The average molecular weight is 323 g/mol. The second-order valence-electron chi connectivity index (χ2n) is 3.76.